The molecule has 0 aliphatic carbocycles. The van der Waals surface area contributed by atoms with Gasteiger partial charge in [-0.05, 0) is 25.1 Å². The molecule has 148 valence electrons. The van der Waals surface area contributed by atoms with E-state index in [2.05, 4.69) is 15.6 Å². The van der Waals surface area contributed by atoms with Crippen molar-refractivity contribution in [2.24, 2.45) is 4.99 Å². The van der Waals surface area contributed by atoms with Gasteiger partial charge in [-0.15, -0.1) is 0 Å². The van der Waals surface area contributed by atoms with Gasteiger partial charge in [0.05, 0.1) is 22.8 Å². The lowest BCUT2D eigenvalue weighted by molar-refractivity contribution is 0.401. The first-order valence-electron chi connectivity index (χ1n) is 8.77. The molecular weight excluding hydrogens is 413 g/mol. The third kappa shape index (κ3) is 3.66. The monoisotopic (exact) mass is 429 g/mol. The lowest BCUT2D eigenvalue weighted by Crippen LogP contribution is -2.37. The maximum Gasteiger partial charge on any atom is 0.257 e. The van der Waals surface area contributed by atoms with Crippen molar-refractivity contribution in [1.29, 1.82) is 0 Å². The zero-order chi connectivity index (χ0) is 20.5. The Labute approximate surface area is 177 Å². The number of aryl methyl sites for hydroxylation is 1. The smallest absolute Gasteiger partial charge is 0.257 e. The van der Waals surface area contributed by atoms with E-state index < -0.39 is 6.17 Å². The Morgan fingerprint density at radius 3 is 2.76 bits per heavy atom. The topological polar surface area (TPSA) is 80.5 Å². The predicted molar refractivity (Wildman–Crippen MR) is 116 cm³/mol. The number of aliphatic imine (C=N–C) groups is 1. The van der Waals surface area contributed by atoms with Gasteiger partial charge in [0, 0.05) is 17.3 Å². The Bertz CT molecular complexity index is 1180. The second-order valence-corrected chi connectivity index (χ2v) is 7.16. The average Bonchev–Trinajstić information content (AvgIpc) is 2.70. The molecule has 3 aromatic rings. The van der Waals surface area contributed by atoms with Gasteiger partial charge in [-0.3, -0.25) is 14.7 Å². The minimum atomic E-state index is -0.677. The normalized spacial score (nSPS) is 15.2. The number of methoxy groups -OCH3 is 1. The van der Waals surface area contributed by atoms with E-state index in [1.54, 1.807) is 32.2 Å². The summed E-state index contributed by atoms with van der Waals surface area (Å²) in [5.74, 6) is 1.35. The number of anilines is 2. The summed E-state index contributed by atoms with van der Waals surface area (Å²) in [4.78, 5) is 21.9. The molecule has 7 nitrogen and oxygen atoms in total. The average molecular weight is 430 g/mol. The molecule has 0 spiro atoms. The van der Waals surface area contributed by atoms with Gasteiger partial charge in [0.25, 0.3) is 5.56 Å². The molecule has 0 saturated carbocycles. The van der Waals surface area contributed by atoms with Crippen molar-refractivity contribution in [3.63, 3.8) is 0 Å². The summed E-state index contributed by atoms with van der Waals surface area (Å²) in [6, 6.07) is 14.1. The second-order valence-electron chi connectivity index (χ2n) is 6.37. The van der Waals surface area contributed by atoms with Gasteiger partial charge in [-0.1, -0.05) is 47.5 Å². The third-order valence-electron chi connectivity index (χ3n) is 4.43. The third-order valence-corrected chi connectivity index (χ3v) is 5.25. The molecule has 2 heterocycles. The lowest BCUT2D eigenvalue weighted by Gasteiger charge is -2.28. The quantitative estimate of drug-likeness (QED) is 0.648. The molecule has 0 bridgehead atoms. The van der Waals surface area contributed by atoms with Gasteiger partial charge in [-0.2, -0.15) is 0 Å². The van der Waals surface area contributed by atoms with Crippen LogP contribution in [0, 0.1) is 6.92 Å². The minimum Gasteiger partial charge on any atom is -0.496 e. The van der Waals surface area contributed by atoms with Gasteiger partial charge in [0.2, 0.25) is 11.9 Å². The maximum atomic E-state index is 12.7. The van der Waals surface area contributed by atoms with Crippen LogP contribution in [-0.2, 0) is 0 Å². The number of fused-ring (bicyclic) bond motifs is 1. The Morgan fingerprint density at radius 1 is 1.17 bits per heavy atom. The van der Waals surface area contributed by atoms with Gasteiger partial charge < -0.3 is 10.1 Å². The molecule has 29 heavy (non-hydrogen) atoms. The Kier molecular flexibility index (Phi) is 5.17. The lowest BCUT2D eigenvalue weighted by atomic mass is 10.1. The highest BCUT2D eigenvalue weighted by Crippen LogP contribution is 2.33. The van der Waals surface area contributed by atoms with E-state index in [0.717, 1.165) is 5.56 Å². The van der Waals surface area contributed by atoms with Gasteiger partial charge in [-0.25, -0.2) is 9.98 Å². The van der Waals surface area contributed by atoms with Crippen molar-refractivity contribution in [3.8, 4) is 5.75 Å². The standard InChI is InChI=1S/C20H17Cl2N5O2/c1-11-10-16(28)27-18(12-6-3-4-9-15(12)29-2)25-19(26-20(27)23-11)24-14-8-5-7-13(21)17(14)22/h3-10,18H,1-2H3,(H2,23,24,25,26). The van der Waals surface area contributed by atoms with Crippen molar-refractivity contribution in [1.82, 2.24) is 9.55 Å². The van der Waals surface area contributed by atoms with Crippen molar-refractivity contribution in [2.45, 2.75) is 13.1 Å². The number of hydrogen-bond donors (Lipinski definition) is 2. The van der Waals surface area contributed by atoms with Gasteiger partial charge >= 0.3 is 0 Å². The molecule has 4 rings (SSSR count). The van der Waals surface area contributed by atoms with E-state index in [1.807, 2.05) is 24.3 Å². The van der Waals surface area contributed by atoms with Crippen LogP contribution in [0.4, 0.5) is 11.6 Å². The zero-order valence-electron chi connectivity index (χ0n) is 15.6. The number of halogens is 2. The molecule has 2 aromatic carbocycles. The minimum absolute atomic E-state index is 0.223. The van der Waals surface area contributed by atoms with Crippen LogP contribution in [0.3, 0.4) is 0 Å². The molecule has 1 unspecified atom stereocenters. The van der Waals surface area contributed by atoms with Crippen LogP contribution in [0.1, 0.15) is 17.4 Å². The van der Waals surface area contributed by atoms with E-state index in [0.29, 0.717) is 39.1 Å². The first-order chi connectivity index (χ1) is 14.0. The summed E-state index contributed by atoms with van der Waals surface area (Å²) in [6.07, 6.45) is -0.677. The number of para-hydroxylation sites is 1. The van der Waals surface area contributed by atoms with E-state index in [9.17, 15) is 4.79 Å². The van der Waals surface area contributed by atoms with Crippen LogP contribution >= 0.6 is 23.2 Å². The largest absolute Gasteiger partial charge is 0.496 e. The fourth-order valence-electron chi connectivity index (χ4n) is 3.13. The SMILES string of the molecule is COc1ccccc1C1N=C(Nc2cccc(Cl)c2Cl)Nc2nc(C)cc(=O)n21. The number of ether oxygens (including phenoxy) is 1. The van der Waals surface area contributed by atoms with Crippen LogP contribution in [0.2, 0.25) is 10.0 Å². The molecule has 0 amide bonds. The molecule has 0 fully saturated rings. The first kappa shape index (κ1) is 19.3. The van der Waals surface area contributed by atoms with Crippen molar-refractivity contribution in [2.75, 3.05) is 17.7 Å². The number of rotatable bonds is 3. The molecule has 9 heteroatoms. The Hall–Kier alpha value is -3.03. The summed E-state index contributed by atoms with van der Waals surface area (Å²) < 4.78 is 6.96. The highest BCUT2D eigenvalue weighted by atomic mass is 35.5. The van der Waals surface area contributed by atoms with E-state index in [1.165, 1.54) is 10.6 Å². The van der Waals surface area contributed by atoms with Crippen LogP contribution in [0.5, 0.6) is 5.75 Å². The van der Waals surface area contributed by atoms with Crippen molar-refractivity contribution >= 4 is 40.8 Å². The van der Waals surface area contributed by atoms with E-state index >= 15 is 0 Å². The summed E-state index contributed by atoms with van der Waals surface area (Å²) in [6.45, 7) is 1.76. The van der Waals surface area contributed by atoms with Crippen LogP contribution in [0.25, 0.3) is 0 Å². The molecule has 1 aliphatic rings. The zero-order valence-corrected chi connectivity index (χ0v) is 17.1. The first-order valence-corrected chi connectivity index (χ1v) is 9.52. The maximum absolute atomic E-state index is 12.7. The number of aromatic nitrogens is 2. The van der Waals surface area contributed by atoms with Crippen LogP contribution in [-0.4, -0.2) is 22.6 Å². The Balaban J connectivity index is 1.85. The number of hydrogen-bond acceptors (Lipinski definition) is 6. The molecule has 0 saturated heterocycles. The fraction of sp³-hybridized carbons (Fsp3) is 0.150. The number of nitrogens with one attached hydrogen (secondary N) is 2. The van der Waals surface area contributed by atoms with Crippen molar-refractivity contribution in [3.05, 3.63) is 80.2 Å². The number of guanidine groups is 1. The van der Waals surface area contributed by atoms with Crippen molar-refractivity contribution < 1.29 is 4.74 Å². The van der Waals surface area contributed by atoms with Crippen LogP contribution < -0.4 is 20.9 Å². The van der Waals surface area contributed by atoms with Crippen LogP contribution in [0.15, 0.2) is 58.3 Å². The van der Waals surface area contributed by atoms with E-state index in [-0.39, 0.29) is 5.56 Å². The van der Waals surface area contributed by atoms with Gasteiger partial charge in [0.15, 0.2) is 6.17 Å². The highest BCUT2D eigenvalue weighted by Gasteiger charge is 2.27. The Morgan fingerprint density at radius 2 is 1.97 bits per heavy atom. The van der Waals surface area contributed by atoms with E-state index in [4.69, 9.17) is 32.9 Å². The molecule has 1 aromatic heterocycles. The number of nitrogens with zero attached hydrogens (tertiary/aromatic N) is 3. The second kappa shape index (κ2) is 7.77. The molecule has 0 radical (unpaired) electrons. The number of benzene rings is 2. The summed E-state index contributed by atoms with van der Waals surface area (Å²) in [5.41, 5.74) is 1.67. The fourth-order valence-corrected chi connectivity index (χ4v) is 3.48. The highest BCUT2D eigenvalue weighted by molar-refractivity contribution is 6.44. The predicted octanol–water partition coefficient (Wildman–Crippen LogP) is 4.31. The molecular formula is C20H17Cl2N5O2. The summed E-state index contributed by atoms with van der Waals surface area (Å²) in [5, 5.41) is 6.98. The summed E-state index contributed by atoms with van der Waals surface area (Å²) >= 11 is 12.4. The molecule has 2 N–H and O–H groups in total. The molecule has 1 atom stereocenters. The van der Waals surface area contributed by atoms with Gasteiger partial charge in [0.1, 0.15) is 5.75 Å². The summed E-state index contributed by atoms with van der Waals surface area (Å²) in [7, 11) is 1.58. The molecule has 1 aliphatic heterocycles.